The zero-order valence-electron chi connectivity index (χ0n) is 11.4. The summed E-state index contributed by atoms with van der Waals surface area (Å²) < 4.78 is 0. The van der Waals surface area contributed by atoms with Crippen LogP contribution in [0, 0.1) is 0 Å². The van der Waals surface area contributed by atoms with Crippen molar-refractivity contribution in [2.75, 3.05) is 31.1 Å². The second kappa shape index (κ2) is 5.74. The Morgan fingerprint density at radius 1 is 1.19 bits per heavy atom. The molecule has 1 fully saturated rings. The van der Waals surface area contributed by atoms with Gasteiger partial charge in [-0.1, -0.05) is 0 Å². The molecule has 2 aromatic rings. The Hall–Kier alpha value is -2.70. The Morgan fingerprint density at radius 3 is 2.67 bits per heavy atom. The van der Waals surface area contributed by atoms with Crippen molar-refractivity contribution in [3.63, 3.8) is 0 Å². The normalized spacial score (nSPS) is 15.0. The number of piperazine rings is 1. The van der Waals surface area contributed by atoms with E-state index in [-0.39, 0.29) is 11.5 Å². The van der Waals surface area contributed by atoms with E-state index < -0.39 is 0 Å². The summed E-state index contributed by atoms with van der Waals surface area (Å²) in [5.74, 6) is 0.709. The maximum atomic E-state index is 12.3. The average Bonchev–Trinajstić information content (AvgIpc) is 2.55. The van der Waals surface area contributed by atoms with Crippen LogP contribution < -0.4 is 10.5 Å². The molecule has 1 amide bonds. The topological polar surface area (TPSA) is 82.2 Å². The molecule has 3 heterocycles. The molecule has 0 spiro atoms. The molecule has 0 atom stereocenters. The molecule has 2 aromatic heterocycles. The van der Waals surface area contributed by atoms with E-state index in [1.165, 1.54) is 12.3 Å². The molecule has 21 heavy (non-hydrogen) atoms. The number of anilines is 1. The number of carbonyl (C=O) groups excluding carboxylic acids is 1. The molecule has 0 radical (unpaired) electrons. The SMILES string of the molecule is O=C(c1cc[nH]c(=O)c1)N1CCN(c2cnccn2)CC1. The first-order chi connectivity index (χ1) is 10.2. The van der Waals surface area contributed by atoms with Crippen LogP contribution in [0.5, 0.6) is 0 Å². The van der Waals surface area contributed by atoms with Gasteiger partial charge in [-0.05, 0) is 6.07 Å². The Morgan fingerprint density at radius 2 is 2.00 bits per heavy atom. The number of nitrogens with one attached hydrogen (secondary N) is 1. The van der Waals surface area contributed by atoms with Gasteiger partial charge in [0.15, 0.2) is 0 Å². The van der Waals surface area contributed by atoms with E-state index in [0.29, 0.717) is 31.7 Å². The van der Waals surface area contributed by atoms with Gasteiger partial charge in [-0.25, -0.2) is 4.98 Å². The van der Waals surface area contributed by atoms with E-state index in [0.717, 1.165) is 5.82 Å². The number of H-pyrrole nitrogens is 1. The summed E-state index contributed by atoms with van der Waals surface area (Å²) in [7, 11) is 0. The minimum atomic E-state index is -0.265. The Labute approximate surface area is 121 Å². The van der Waals surface area contributed by atoms with E-state index in [9.17, 15) is 9.59 Å². The first-order valence-corrected chi connectivity index (χ1v) is 6.73. The summed E-state index contributed by atoms with van der Waals surface area (Å²) in [4.78, 5) is 38.2. The highest BCUT2D eigenvalue weighted by Crippen LogP contribution is 2.13. The lowest BCUT2D eigenvalue weighted by atomic mass is 10.2. The quantitative estimate of drug-likeness (QED) is 0.848. The van der Waals surface area contributed by atoms with Gasteiger partial charge in [0.1, 0.15) is 5.82 Å². The second-order valence-corrected chi connectivity index (χ2v) is 4.78. The summed E-state index contributed by atoms with van der Waals surface area (Å²) in [6.07, 6.45) is 6.50. The zero-order valence-corrected chi connectivity index (χ0v) is 11.4. The Kier molecular flexibility index (Phi) is 3.63. The maximum Gasteiger partial charge on any atom is 0.254 e. The van der Waals surface area contributed by atoms with Gasteiger partial charge >= 0.3 is 0 Å². The summed E-state index contributed by atoms with van der Waals surface area (Å²) in [6.45, 7) is 2.60. The van der Waals surface area contributed by atoms with Gasteiger partial charge in [0.2, 0.25) is 5.56 Å². The number of hydrogen-bond acceptors (Lipinski definition) is 5. The van der Waals surface area contributed by atoms with Gasteiger partial charge in [-0.2, -0.15) is 0 Å². The molecule has 1 aliphatic heterocycles. The van der Waals surface area contributed by atoms with Crippen LogP contribution in [-0.4, -0.2) is 51.9 Å². The molecule has 1 saturated heterocycles. The van der Waals surface area contributed by atoms with Gasteiger partial charge in [0.25, 0.3) is 5.91 Å². The Balaban J connectivity index is 1.66. The van der Waals surface area contributed by atoms with Gasteiger partial charge in [0, 0.05) is 56.4 Å². The lowest BCUT2D eigenvalue weighted by Gasteiger charge is -2.35. The molecule has 108 valence electrons. The number of nitrogens with zero attached hydrogens (tertiary/aromatic N) is 4. The fourth-order valence-corrected chi connectivity index (χ4v) is 2.35. The highest BCUT2D eigenvalue weighted by Gasteiger charge is 2.22. The maximum absolute atomic E-state index is 12.3. The lowest BCUT2D eigenvalue weighted by molar-refractivity contribution is 0.0746. The number of pyridine rings is 1. The molecule has 0 aliphatic carbocycles. The van der Waals surface area contributed by atoms with Crippen LogP contribution in [0.1, 0.15) is 10.4 Å². The summed E-state index contributed by atoms with van der Waals surface area (Å²) >= 11 is 0. The van der Waals surface area contributed by atoms with Crippen molar-refractivity contribution >= 4 is 11.7 Å². The van der Waals surface area contributed by atoms with Crippen LogP contribution in [0.25, 0.3) is 0 Å². The lowest BCUT2D eigenvalue weighted by Crippen LogP contribution is -2.49. The molecule has 7 nitrogen and oxygen atoms in total. The fraction of sp³-hybridized carbons (Fsp3) is 0.286. The molecular formula is C14H15N5O2. The van der Waals surface area contributed by atoms with Crippen molar-refractivity contribution in [2.45, 2.75) is 0 Å². The average molecular weight is 285 g/mol. The number of aromatic nitrogens is 3. The van der Waals surface area contributed by atoms with E-state index in [2.05, 4.69) is 19.9 Å². The zero-order chi connectivity index (χ0) is 14.7. The minimum absolute atomic E-state index is 0.111. The van der Waals surface area contributed by atoms with Crippen LogP contribution in [-0.2, 0) is 0 Å². The molecule has 0 aromatic carbocycles. The van der Waals surface area contributed by atoms with Gasteiger partial charge in [0.05, 0.1) is 6.20 Å². The van der Waals surface area contributed by atoms with Crippen molar-refractivity contribution in [1.82, 2.24) is 19.9 Å². The molecular weight excluding hydrogens is 270 g/mol. The van der Waals surface area contributed by atoms with Gasteiger partial charge in [-0.15, -0.1) is 0 Å². The number of amides is 1. The minimum Gasteiger partial charge on any atom is -0.352 e. The smallest absolute Gasteiger partial charge is 0.254 e. The summed E-state index contributed by atoms with van der Waals surface area (Å²) in [5.41, 5.74) is 0.158. The first kappa shape index (κ1) is 13.3. The summed E-state index contributed by atoms with van der Waals surface area (Å²) in [6, 6.07) is 2.95. The molecule has 3 rings (SSSR count). The van der Waals surface area contributed by atoms with Crippen molar-refractivity contribution in [3.8, 4) is 0 Å². The largest absolute Gasteiger partial charge is 0.352 e. The van der Waals surface area contributed by atoms with Crippen molar-refractivity contribution in [1.29, 1.82) is 0 Å². The van der Waals surface area contributed by atoms with E-state index in [1.807, 2.05) is 0 Å². The highest BCUT2D eigenvalue weighted by atomic mass is 16.2. The van der Waals surface area contributed by atoms with Gasteiger partial charge < -0.3 is 14.8 Å². The number of hydrogen-bond donors (Lipinski definition) is 1. The number of rotatable bonds is 2. The number of aromatic amines is 1. The van der Waals surface area contributed by atoms with Crippen LogP contribution in [0.3, 0.4) is 0 Å². The van der Waals surface area contributed by atoms with E-state index >= 15 is 0 Å². The predicted molar refractivity (Wildman–Crippen MR) is 77.2 cm³/mol. The number of carbonyl (C=O) groups is 1. The third-order valence-electron chi connectivity index (χ3n) is 3.46. The third kappa shape index (κ3) is 2.91. The fourth-order valence-electron chi connectivity index (χ4n) is 2.35. The van der Waals surface area contributed by atoms with E-state index in [4.69, 9.17) is 0 Å². The third-order valence-corrected chi connectivity index (χ3v) is 3.46. The van der Waals surface area contributed by atoms with Crippen LogP contribution >= 0.6 is 0 Å². The van der Waals surface area contributed by atoms with Crippen molar-refractivity contribution in [2.24, 2.45) is 0 Å². The first-order valence-electron chi connectivity index (χ1n) is 6.73. The molecule has 0 unspecified atom stereocenters. The van der Waals surface area contributed by atoms with Crippen LogP contribution in [0.4, 0.5) is 5.82 Å². The van der Waals surface area contributed by atoms with Crippen molar-refractivity contribution < 1.29 is 4.79 Å². The molecule has 1 N–H and O–H groups in total. The predicted octanol–water partition coefficient (Wildman–Crippen LogP) is 0.127. The monoisotopic (exact) mass is 285 g/mol. The van der Waals surface area contributed by atoms with Crippen LogP contribution in [0.2, 0.25) is 0 Å². The second-order valence-electron chi connectivity index (χ2n) is 4.78. The van der Waals surface area contributed by atoms with Crippen molar-refractivity contribution in [3.05, 3.63) is 52.8 Å². The molecule has 1 aliphatic rings. The summed E-state index contributed by atoms with van der Waals surface area (Å²) in [5, 5.41) is 0. The van der Waals surface area contributed by atoms with Crippen LogP contribution in [0.15, 0.2) is 41.7 Å². The molecule has 0 bridgehead atoms. The van der Waals surface area contributed by atoms with E-state index in [1.54, 1.807) is 29.6 Å². The molecule has 0 saturated carbocycles. The molecule has 7 heteroatoms. The highest BCUT2D eigenvalue weighted by molar-refractivity contribution is 5.94. The Bertz CT molecular complexity index is 677. The standard InChI is InChI=1S/C14H15N5O2/c20-13-9-11(1-2-17-13)14(21)19-7-5-18(6-8-19)12-10-15-3-4-16-12/h1-4,9-10H,5-8H2,(H,17,20). The van der Waals surface area contributed by atoms with Gasteiger partial charge in [-0.3, -0.25) is 14.6 Å².